The van der Waals surface area contributed by atoms with E-state index in [2.05, 4.69) is 36.3 Å². The molecule has 1 heterocycles. The number of tetrazole rings is 1. The molecule has 0 saturated carbocycles. The molecule has 0 aromatic carbocycles. The molecule has 0 fully saturated rings. The van der Waals surface area contributed by atoms with Crippen LogP contribution in [0.1, 0.15) is 58.3 Å². The number of aromatic nitrogens is 4. The molecule has 1 rings (SSSR count). The van der Waals surface area contributed by atoms with Crippen LogP contribution in [0.5, 0.6) is 0 Å². The van der Waals surface area contributed by atoms with E-state index in [0.717, 1.165) is 12.2 Å². The van der Waals surface area contributed by atoms with Gasteiger partial charge in [-0.25, -0.2) is 4.68 Å². The molecule has 1 aromatic rings. The lowest BCUT2D eigenvalue weighted by Crippen LogP contribution is -2.08. The summed E-state index contributed by atoms with van der Waals surface area (Å²) in [4.78, 5) is 0. The first kappa shape index (κ1) is 11.1. The summed E-state index contributed by atoms with van der Waals surface area (Å²) >= 11 is 0. The summed E-state index contributed by atoms with van der Waals surface area (Å²) in [5, 5.41) is 11.7. The molecule has 0 bridgehead atoms. The largest absolute Gasteiger partial charge is 0.227 e. The first-order chi connectivity index (χ1) is 6.75. The van der Waals surface area contributed by atoms with Gasteiger partial charge < -0.3 is 0 Å². The van der Waals surface area contributed by atoms with E-state index >= 15 is 0 Å². The van der Waals surface area contributed by atoms with E-state index in [1.54, 1.807) is 0 Å². The summed E-state index contributed by atoms with van der Waals surface area (Å²) in [6.45, 7) is 6.43. The number of nitrogens with zero attached hydrogens (tertiary/aromatic N) is 4. The molecular weight excluding hydrogens is 176 g/mol. The normalized spacial score (nSPS) is 11.1. The van der Waals surface area contributed by atoms with Gasteiger partial charge in [0.05, 0.1) is 6.04 Å². The summed E-state index contributed by atoms with van der Waals surface area (Å²) in [5.41, 5.74) is 0. The smallest absolute Gasteiger partial charge is 0.151 e. The average Bonchev–Trinajstić information content (AvgIpc) is 2.60. The standard InChI is InChI=1S/C10H20N4/c1-4-5-6-7-8-10-11-12-13-14(10)9(2)3/h9H,4-8H2,1-3H3. The predicted molar refractivity (Wildman–Crippen MR) is 56.0 cm³/mol. The van der Waals surface area contributed by atoms with Gasteiger partial charge in [-0.15, -0.1) is 5.10 Å². The van der Waals surface area contributed by atoms with Crippen molar-refractivity contribution in [3.63, 3.8) is 0 Å². The van der Waals surface area contributed by atoms with Crippen molar-refractivity contribution < 1.29 is 0 Å². The number of hydrogen-bond acceptors (Lipinski definition) is 3. The monoisotopic (exact) mass is 196 g/mol. The van der Waals surface area contributed by atoms with E-state index in [4.69, 9.17) is 0 Å². The molecule has 0 spiro atoms. The summed E-state index contributed by atoms with van der Waals surface area (Å²) in [7, 11) is 0. The van der Waals surface area contributed by atoms with Gasteiger partial charge in [0, 0.05) is 6.42 Å². The molecule has 4 heteroatoms. The van der Waals surface area contributed by atoms with Gasteiger partial charge in [0.15, 0.2) is 5.82 Å². The van der Waals surface area contributed by atoms with Crippen LogP contribution in [0.25, 0.3) is 0 Å². The Kier molecular flexibility index (Phi) is 4.56. The van der Waals surface area contributed by atoms with Crippen LogP contribution < -0.4 is 0 Å². The van der Waals surface area contributed by atoms with Crippen molar-refractivity contribution in [1.29, 1.82) is 0 Å². The van der Waals surface area contributed by atoms with Gasteiger partial charge in [0.2, 0.25) is 0 Å². The van der Waals surface area contributed by atoms with Crippen LogP contribution in [-0.4, -0.2) is 20.2 Å². The van der Waals surface area contributed by atoms with Crippen LogP contribution in [0.15, 0.2) is 0 Å². The van der Waals surface area contributed by atoms with Crippen LogP contribution in [0.3, 0.4) is 0 Å². The van der Waals surface area contributed by atoms with Gasteiger partial charge in [-0.2, -0.15) is 0 Å². The fourth-order valence-electron chi connectivity index (χ4n) is 1.49. The maximum atomic E-state index is 4.04. The highest BCUT2D eigenvalue weighted by Gasteiger charge is 2.07. The molecule has 0 saturated heterocycles. The number of rotatable bonds is 6. The summed E-state index contributed by atoms with van der Waals surface area (Å²) in [6.07, 6.45) is 6.06. The Morgan fingerprint density at radius 3 is 2.64 bits per heavy atom. The van der Waals surface area contributed by atoms with Crippen molar-refractivity contribution in [3.05, 3.63) is 5.82 Å². The Morgan fingerprint density at radius 1 is 1.21 bits per heavy atom. The third-order valence-electron chi connectivity index (χ3n) is 2.30. The molecule has 0 unspecified atom stereocenters. The molecule has 0 aliphatic carbocycles. The van der Waals surface area contributed by atoms with Gasteiger partial charge in [-0.05, 0) is 30.7 Å². The van der Waals surface area contributed by atoms with Gasteiger partial charge in [-0.3, -0.25) is 0 Å². The molecule has 0 amide bonds. The van der Waals surface area contributed by atoms with E-state index in [1.807, 2.05) is 4.68 Å². The first-order valence-electron chi connectivity index (χ1n) is 5.52. The van der Waals surface area contributed by atoms with Crippen molar-refractivity contribution in [2.75, 3.05) is 0 Å². The number of aryl methyl sites for hydroxylation is 1. The summed E-state index contributed by atoms with van der Waals surface area (Å²) in [5.74, 6) is 1.02. The van der Waals surface area contributed by atoms with E-state index in [0.29, 0.717) is 6.04 Å². The average molecular weight is 196 g/mol. The maximum Gasteiger partial charge on any atom is 0.151 e. The molecule has 0 N–H and O–H groups in total. The van der Waals surface area contributed by atoms with Gasteiger partial charge in [-0.1, -0.05) is 26.2 Å². The SMILES string of the molecule is CCCCCCc1nnnn1C(C)C. The second-order valence-corrected chi connectivity index (χ2v) is 3.94. The Hall–Kier alpha value is -0.930. The van der Waals surface area contributed by atoms with Crippen LogP contribution in [0.2, 0.25) is 0 Å². The van der Waals surface area contributed by atoms with Gasteiger partial charge in [0.25, 0.3) is 0 Å². The van der Waals surface area contributed by atoms with Crippen LogP contribution in [0.4, 0.5) is 0 Å². The minimum absolute atomic E-state index is 0.367. The molecule has 1 aromatic heterocycles. The molecule has 0 aliphatic rings. The molecule has 80 valence electrons. The highest BCUT2D eigenvalue weighted by Crippen LogP contribution is 2.08. The third-order valence-corrected chi connectivity index (χ3v) is 2.30. The minimum Gasteiger partial charge on any atom is -0.227 e. The van der Waals surface area contributed by atoms with Crippen molar-refractivity contribution in [2.45, 2.75) is 58.9 Å². The highest BCUT2D eigenvalue weighted by molar-refractivity contribution is 4.82. The molecule has 4 nitrogen and oxygen atoms in total. The topological polar surface area (TPSA) is 43.6 Å². The lowest BCUT2D eigenvalue weighted by molar-refractivity contribution is 0.487. The van der Waals surface area contributed by atoms with Crippen molar-refractivity contribution in [1.82, 2.24) is 20.2 Å². The molecule has 14 heavy (non-hydrogen) atoms. The van der Waals surface area contributed by atoms with Crippen LogP contribution in [-0.2, 0) is 6.42 Å². The maximum absolute atomic E-state index is 4.04. The van der Waals surface area contributed by atoms with Gasteiger partial charge in [0.1, 0.15) is 0 Å². The van der Waals surface area contributed by atoms with Crippen LogP contribution >= 0.6 is 0 Å². The number of unbranched alkanes of at least 4 members (excludes halogenated alkanes) is 3. The second kappa shape index (κ2) is 5.73. The van der Waals surface area contributed by atoms with Gasteiger partial charge >= 0.3 is 0 Å². The Morgan fingerprint density at radius 2 is 2.00 bits per heavy atom. The van der Waals surface area contributed by atoms with Crippen molar-refractivity contribution >= 4 is 0 Å². The number of hydrogen-bond donors (Lipinski definition) is 0. The molecule has 0 radical (unpaired) electrons. The van der Waals surface area contributed by atoms with Crippen molar-refractivity contribution in [3.8, 4) is 0 Å². The predicted octanol–water partition coefficient (Wildman–Crippen LogP) is 2.38. The molecular formula is C10H20N4. The van der Waals surface area contributed by atoms with E-state index in [-0.39, 0.29) is 0 Å². The van der Waals surface area contributed by atoms with Crippen LogP contribution in [0, 0.1) is 0 Å². The fraction of sp³-hybridized carbons (Fsp3) is 0.900. The summed E-state index contributed by atoms with van der Waals surface area (Å²) < 4.78 is 1.91. The minimum atomic E-state index is 0.367. The second-order valence-electron chi connectivity index (χ2n) is 3.94. The quantitative estimate of drug-likeness (QED) is 0.656. The lowest BCUT2D eigenvalue weighted by atomic mass is 10.1. The zero-order valence-electron chi connectivity index (χ0n) is 9.40. The highest BCUT2D eigenvalue weighted by atomic mass is 15.5. The van der Waals surface area contributed by atoms with E-state index in [1.165, 1.54) is 25.7 Å². The lowest BCUT2D eigenvalue weighted by Gasteiger charge is -2.06. The molecule has 0 aliphatic heterocycles. The zero-order valence-corrected chi connectivity index (χ0v) is 9.40. The van der Waals surface area contributed by atoms with Crippen molar-refractivity contribution in [2.24, 2.45) is 0 Å². The molecule has 0 atom stereocenters. The Labute approximate surface area is 85.7 Å². The zero-order chi connectivity index (χ0) is 10.4. The van der Waals surface area contributed by atoms with E-state index < -0.39 is 0 Å². The van der Waals surface area contributed by atoms with E-state index in [9.17, 15) is 0 Å². The first-order valence-corrected chi connectivity index (χ1v) is 5.52. The Balaban J connectivity index is 2.38. The Bertz CT molecular complexity index is 254. The summed E-state index contributed by atoms with van der Waals surface area (Å²) in [6, 6.07) is 0.367. The fourth-order valence-corrected chi connectivity index (χ4v) is 1.49. The third kappa shape index (κ3) is 3.09.